The monoisotopic (exact) mass is 181 g/mol. The van der Waals surface area contributed by atoms with Gasteiger partial charge in [-0.2, -0.15) is 0 Å². The van der Waals surface area contributed by atoms with Gasteiger partial charge in [-0.15, -0.1) is 0 Å². The van der Waals surface area contributed by atoms with E-state index < -0.39 is 0 Å². The standard InChI is InChI=1S/C11H19NO/c1-4-5-10-7-12(8-10)11(13)6-9(2)3/h4-5,9-10H,6-8H2,1-3H3/b5-4-. The van der Waals surface area contributed by atoms with E-state index in [-0.39, 0.29) is 0 Å². The summed E-state index contributed by atoms with van der Waals surface area (Å²) in [6.45, 7) is 8.05. The van der Waals surface area contributed by atoms with Gasteiger partial charge in [-0.25, -0.2) is 0 Å². The van der Waals surface area contributed by atoms with E-state index in [2.05, 4.69) is 26.0 Å². The van der Waals surface area contributed by atoms with Gasteiger partial charge >= 0.3 is 0 Å². The highest BCUT2D eigenvalue weighted by Gasteiger charge is 2.28. The van der Waals surface area contributed by atoms with E-state index in [0.29, 0.717) is 24.2 Å². The highest BCUT2D eigenvalue weighted by atomic mass is 16.2. The van der Waals surface area contributed by atoms with Crippen molar-refractivity contribution in [1.29, 1.82) is 0 Å². The zero-order chi connectivity index (χ0) is 9.84. The smallest absolute Gasteiger partial charge is 0.222 e. The summed E-state index contributed by atoms with van der Waals surface area (Å²) in [6.07, 6.45) is 4.94. The molecule has 0 saturated carbocycles. The van der Waals surface area contributed by atoms with E-state index in [1.54, 1.807) is 0 Å². The normalized spacial score (nSPS) is 18.3. The highest BCUT2D eigenvalue weighted by Crippen LogP contribution is 2.18. The van der Waals surface area contributed by atoms with Gasteiger partial charge in [0.15, 0.2) is 0 Å². The molecule has 1 heterocycles. The van der Waals surface area contributed by atoms with Crippen LogP contribution in [0.15, 0.2) is 12.2 Å². The first-order valence-electron chi connectivity index (χ1n) is 5.04. The molecule has 0 aromatic heterocycles. The van der Waals surface area contributed by atoms with Gasteiger partial charge in [0.1, 0.15) is 0 Å². The second-order valence-electron chi connectivity index (χ2n) is 4.18. The van der Waals surface area contributed by atoms with Crippen LogP contribution in [-0.4, -0.2) is 23.9 Å². The largest absolute Gasteiger partial charge is 0.341 e. The maximum absolute atomic E-state index is 11.5. The van der Waals surface area contributed by atoms with Crippen LogP contribution in [0.3, 0.4) is 0 Å². The minimum atomic E-state index is 0.316. The topological polar surface area (TPSA) is 20.3 Å². The van der Waals surface area contributed by atoms with Gasteiger partial charge < -0.3 is 4.90 Å². The molecule has 13 heavy (non-hydrogen) atoms. The molecule has 1 amide bonds. The number of likely N-dealkylation sites (tertiary alicyclic amines) is 1. The Kier molecular flexibility index (Phi) is 3.52. The maximum Gasteiger partial charge on any atom is 0.222 e. The van der Waals surface area contributed by atoms with Crippen LogP contribution in [0.5, 0.6) is 0 Å². The lowest BCUT2D eigenvalue weighted by Crippen LogP contribution is -2.49. The van der Waals surface area contributed by atoms with Crippen molar-refractivity contribution in [2.75, 3.05) is 13.1 Å². The number of hydrogen-bond donors (Lipinski definition) is 0. The summed E-state index contributed by atoms with van der Waals surface area (Å²) in [7, 11) is 0. The number of carbonyl (C=O) groups is 1. The summed E-state index contributed by atoms with van der Waals surface area (Å²) in [5, 5.41) is 0. The molecule has 0 spiro atoms. The first kappa shape index (κ1) is 10.3. The van der Waals surface area contributed by atoms with Crippen LogP contribution in [-0.2, 0) is 4.79 Å². The molecule has 1 fully saturated rings. The van der Waals surface area contributed by atoms with E-state index in [1.165, 1.54) is 0 Å². The molecule has 1 aliphatic heterocycles. The van der Waals surface area contributed by atoms with E-state index in [1.807, 2.05) is 11.8 Å². The zero-order valence-corrected chi connectivity index (χ0v) is 8.79. The molecule has 2 heteroatoms. The average molecular weight is 181 g/mol. The van der Waals surface area contributed by atoms with Crippen molar-refractivity contribution >= 4 is 5.91 Å². The van der Waals surface area contributed by atoms with Crippen LogP contribution in [0.4, 0.5) is 0 Å². The molecule has 0 bridgehead atoms. The first-order chi connectivity index (χ1) is 6.13. The molecule has 0 aliphatic carbocycles. The minimum Gasteiger partial charge on any atom is -0.341 e. The number of allylic oxidation sites excluding steroid dienone is 1. The average Bonchev–Trinajstić information content (AvgIpc) is 1.93. The van der Waals surface area contributed by atoms with Crippen LogP contribution in [0.1, 0.15) is 27.2 Å². The van der Waals surface area contributed by atoms with E-state index >= 15 is 0 Å². The molecular weight excluding hydrogens is 162 g/mol. The zero-order valence-electron chi connectivity index (χ0n) is 8.79. The molecule has 0 unspecified atom stereocenters. The van der Waals surface area contributed by atoms with Crippen molar-refractivity contribution in [3.8, 4) is 0 Å². The predicted molar refractivity (Wildman–Crippen MR) is 54.3 cm³/mol. The van der Waals surface area contributed by atoms with Crippen molar-refractivity contribution in [2.24, 2.45) is 11.8 Å². The lowest BCUT2D eigenvalue weighted by atomic mass is 9.98. The van der Waals surface area contributed by atoms with Gasteiger partial charge in [-0.05, 0) is 12.8 Å². The summed E-state index contributed by atoms with van der Waals surface area (Å²) in [5.41, 5.74) is 0. The Bertz CT molecular complexity index is 202. The molecule has 0 N–H and O–H groups in total. The van der Waals surface area contributed by atoms with Gasteiger partial charge in [0.05, 0.1) is 0 Å². The van der Waals surface area contributed by atoms with E-state index in [9.17, 15) is 4.79 Å². The van der Waals surface area contributed by atoms with Crippen molar-refractivity contribution in [1.82, 2.24) is 4.90 Å². The first-order valence-corrected chi connectivity index (χ1v) is 5.04. The van der Waals surface area contributed by atoms with Crippen LogP contribution >= 0.6 is 0 Å². The Hall–Kier alpha value is -0.790. The predicted octanol–water partition coefficient (Wildman–Crippen LogP) is 2.07. The molecular formula is C11H19NO. The third kappa shape index (κ3) is 2.87. The van der Waals surface area contributed by atoms with Gasteiger partial charge in [0, 0.05) is 25.4 Å². The fraction of sp³-hybridized carbons (Fsp3) is 0.727. The number of nitrogens with zero attached hydrogens (tertiary/aromatic N) is 1. The highest BCUT2D eigenvalue weighted by molar-refractivity contribution is 5.77. The number of hydrogen-bond acceptors (Lipinski definition) is 1. The fourth-order valence-corrected chi connectivity index (χ4v) is 1.59. The van der Waals surface area contributed by atoms with Gasteiger partial charge in [0.25, 0.3) is 0 Å². The molecule has 0 atom stereocenters. The van der Waals surface area contributed by atoms with Gasteiger partial charge in [0.2, 0.25) is 5.91 Å². The molecule has 2 nitrogen and oxygen atoms in total. The third-order valence-corrected chi connectivity index (χ3v) is 2.31. The maximum atomic E-state index is 11.5. The van der Waals surface area contributed by atoms with Crippen molar-refractivity contribution in [3.05, 3.63) is 12.2 Å². The van der Waals surface area contributed by atoms with Gasteiger partial charge in [-0.1, -0.05) is 26.0 Å². The van der Waals surface area contributed by atoms with Crippen LogP contribution in [0.2, 0.25) is 0 Å². The quantitative estimate of drug-likeness (QED) is 0.610. The summed E-state index contributed by atoms with van der Waals surface area (Å²) < 4.78 is 0. The lowest BCUT2D eigenvalue weighted by Gasteiger charge is -2.38. The van der Waals surface area contributed by atoms with Crippen LogP contribution in [0.25, 0.3) is 0 Å². The minimum absolute atomic E-state index is 0.316. The summed E-state index contributed by atoms with van der Waals surface area (Å²) in [6, 6.07) is 0. The molecule has 74 valence electrons. The summed E-state index contributed by atoms with van der Waals surface area (Å²) in [4.78, 5) is 13.4. The third-order valence-electron chi connectivity index (χ3n) is 2.31. The molecule has 1 aliphatic rings. The van der Waals surface area contributed by atoms with E-state index in [4.69, 9.17) is 0 Å². The second kappa shape index (κ2) is 4.45. The number of amides is 1. The second-order valence-corrected chi connectivity index (χ2v) is 4.18. The lowest BCUT2D eigenvalue weighted by molar-refractivity contribution is -0.137. The number of rotatable bonds is 3. The van der Waals surface area contributed by atoms with Crippen molar-refractivity contribution in [2.45, 2.75) is 27.2 Å². The van der Waals surface area contributed by atoms with Crippen molar-refractivity contribution in [3.63, 3.8) is 0 Å². The Labute approximate surface area is 80.6 Å². The molecule has 0 radical (unpaired) electrons. The summed E-state index contributed by atoms with van der Waals surface area (Å²) >= 11 is 0. The molecule has 1 rings (SSSR count). The van der Waals surface area contributed by atoms with Crippen molar-refractivity contribution < 1.29 is 4.79 Å². The molecule has 0 aromatic rings. The molecule has 1 saturated heterocycles. The van der Waals surface area contributed by atoms with E-state index in [0.717, 1.165) is 13.1 Å². The fourth-order valence-electron chi connectivity index (χ4n) is 1.59. The summed E-state index contributed by atoms with van der Waals surface area (Å²) in [5.74, 6) is 1.41. The molecule has 0 aromatic carbocycles. The Morgan fingerprint density at radius 1 is 1.54 bits per heavy atom. The van der Waals surface area contributed by atoms with Crippen LogP contribution in [0, 0.1) is 11.8 Å². The SMILES string of the molecule is C/C=C\C1CN(C(=O)CC(C)C)C1. The number of carbonyl (C=O) groups excluding carboxylic acids is 1. The Balaban J connectivity index is 2.23. The Morgan fingerprint density at radius 2 is 2.15 bits per heavy atom. The Morgan fingerprint density at radius 3 is 2.62 bits per heavy atom. The van der Waals surface area contributed by atoms with Crippen LogP contribution < -0.4 is 0 Å². The van der Waals surface area contributed by atoms with Gasteiger partial charge in [-0.3, -0.25) is 4.79 Å².